The Morgan fingerprint density at radius 3 is 2.48 bits per heavy atom. The molecule has 0 heterocycles. The molecule has 166 valence electrons. The van der Waals surface area contributed by atoms with Crippen LogP contribution in [0.4, 0.5) is 17.1 Å². The van der Waals surface area contributed by atoms with E-state index in [0.29, 0.717) is 6.54 Å². The Morgan fingerprint density at radius 2 is 1.84 bits per heavy atom. The number of non-ortho nitro benzene ring substituents is 1. The number of nitro groups is 1. The maximum atomic E-state index is 12.6. The lowest BCUT2D eigenvalue weighted by Gasteiger charge is -2.22. The molecule has 0 aromatic heterocycles. The molecular weight excluding hydrogens is 424 g/mol. The Bertz CT molecular complexity index is 1070. The number of nitrogens with one attached hydrogen (secondary N) is 2. The van der Waals surface area contributed by atoms with Crippen LogP contribution in [0.25, 0.3) is 0 Å². The molecule has 0 atom stereocenters. The zero-order valence-corrected chi connectivity index (χ0v) is 18.0. The van der Waals surface area contributed by atoms with Crippen LogP contribution in [0.3, 0.4) is 0 Å². The molecule has 2 aromatic carbocycles. The lowest BCUT2D eigenvalue weighted by Crippen LogP contribution is -2.37. The Kier molecular flexibility index (Phi) is 8.08. The molecule has 2 rings (SSSR count). The Labute approximate surface area is 180 Å². The highest BCUT2D eigenvalue weighted by Crippen LogP contribution is 2.23. The first kappa shape index (κ1) is 23.8. The summed E-state index contributed by atoms with van der Waals surface area (Å²) in [5.74, 6) is -1.06. The van der Waals surface area contributed by atoms with Gasteiger partial charge in [0.2, 0.25) is 15.9 Å². The summed E-state index contributed by atoms with van der Waals surface area (Å²) >= 11 is 0. The molecule has 0 aliphatic heterocycles. The van der Waals surface area contributed by atoms with Crippen molar-refractivity contribution in [2.45, 2.75) is 19.8 Å². The molecule has 2 N–H and O–H groups in total. The van der Waals surface area contributed by atoms with E-state index in [1.165, 1.54) is 24.3 Å². The fourth-order valence-electron chi connectivity index (χ4n) is 2.75. The van der Waals surface area contributed by atoms with Gasteiger partial charge in [0.1, 0.15) is 6.54 Å². The van der Waals surface area contributed by atoms with E-state index >= 15 is 0 Å². The predicted octanol–water partition coefficient (Wildman–Crippen LogP) is 2.53. The number of carbonyl (C=O) groups excluding carboxylic acids is 2. The van der Waals surface area contributed by atoms with Crippen molar-refractivity contribution in [2.24, 2.45) is 0 Å². The third-order valence-electron chi connectivity index (χ3n) is 4.28. The monoisotopic (exact) mass is 448 g/mol. The van der Waals surface area contributed by atoms with Gasteiger partial charge in [-0.1, -0.05) is 31.5 Å². The van der Waals surface area contributed by atoms with Crippen LogP contribution in [0.1, 0.15) is 30.1 Å². The lowest BCUT2D eigenvalue weighted by molar-refractivity contribution is -0.384. The minimum Gasteiger partial charge on any atom is -0.352 e. The molecule has 0 saturated carbocycles. The van der Waals surface area contributed by atoms with E-state index in [-0.39, 0.29) is 28.5 Å². The quantitative estimate of drug-likeness (QED) is 0.325. The Balaban J connectivity index is 2.22. The summed E-state index contributed by atoms with van der Waals surface area (Å²) in [7, 11) is -3.92. The van der Waals surface area contributed by atoms with E-state index in [1.54, 1.807) is 18.2 Å². The summed E-state index contributed by atoms with van der Waals surface area (Å²) in [6.07, 6.45) is 2.62. The number of benzene rings is 2. The van der Waals surface area contributed by atoms with E-state index in [1.807, 2.05) is 6.92 Å². The van der Waals surface area contributed by atoms with Crippen molar-refractivity contribution < 1.29 is 22.9 Å². The third kappa shape index (κ3) is 6.78. The summed E-state index contributed by atoms with van der Waals surface area (Å²) in [5, 5.41) is 16.3. The van der Waals surface area contributed by atoms with E-state index in [4.69, 9.17) is 0 Å². The number of rotatable bonds is 10. The minimum absolute atomic E-state index is 0.0163. The van der Waals surface area contributed by atoms with Gasteiger partial charge in [-0.2, -0.15) is 0 Å². The van der Waals surface area contributed by atoms with Gasteiger partial charge in [-0.05, 0) is 24.6 Å². The Morgan fingerprint density at radius 1 is 1.13 bits per heavy atom. The van der Waals surface area contributed by atoms with Crippen molar-refractivity contribution in [3.05, 3.63) is 64.2 Å². The number of amides is 2. The van der Waals surface area contributed by atoms with E-state index in [0.717, 1.165) is 29.5 Å². The fraction of sp³-hybridized carbons (Fsp3) is 0.300. The number of hydrogen-bond donors (Lipinski definition) is 2. The van der Waals surface area contributed by atoms with Gasteiger partial charge in [-0.25, -0.2) is 8.42 Å². The zero-order chi connectivity index (χ0) is 23.0. The molecule has 0 bridgehead atoms. The zero-order valence-electron chi connectivity index (χ0n) is 17.2. The average Bonchev–Trinajstić information content (AvgIpc) is 2.71. The van der Waals surface area contributed by atoms with Gasteiger partial charge in [-0.15, -0.1) is 0 Å². The standard InChI is InChI=1S/C20H24N4O6S/c1-3-4-12-21-20(26)17-10-5-6-11-18(17)22-19(25)14-23(31(2,29)30)15-8-7-9-16(13-15)24(27)28/h5-11,13H,3-4,12,14H2,1-2H3,(H,21,26)(H,22,25). The van der Waals surface area contributed by atoms with Gasteiger partial charge in [0.05, 0.1) is 28.1 Å². The van der Waals surface area contributed by atoms with E-state index < -0.39 is 27.4 Å². The van der Waals surface area contributed by atoms with Crippen LogP contribution in [-0.4, -0.2) is 44.5 Å². The maximum absolute atomic E-state index is 12.6. The van der Waals surface area contributed by atoms with Crippen LogP contribution in [-0.2, 0) is 14.8 Å². The first-order valence-corrected chi connectivity index (χ1v) is 11.4. The number of hydrogen-bond acceptors (Lipinski definition) is 6. The molecule has 0 fully saturated rings. The summed E-state index contributed by atoms with van der Waals surface area (Å²) in [6.45, 7) is 1.87. The van der Waals surface area contributed by atoms with Crippen LogP contribution in [0.5, 0.6) is 0 Å². The highest BCUT2D eigenvalue weighted by atomic mass is 32.2. The van der Waals surface area contributed by atoms with Crippen LogP contribution >= 0.6 is 0 Å². The lowest BCUT2D eigenvalue weighted by atomic mass is 10.1. The largest absolute Gasteiger partial charge is 0.352 e. The number of nitro benzene ring substituents is 1. The normalized spacial score (nSPS) is 10.9. The number of nitrogens with zero attached hydrogens (tertiary/aromatic N) is 2. The number of unbranched alkanes of at least 4 members (excludes halogenated alkanes) is 1. The van der Waals surface area contributed by atoms with Crippen molar-refractivity contribution in [3.63, 3.8) is 0 Å². The third-order valence-corrected chi connectivity index (χ3v) is 5.42. The van der Waals surface area contributed by atoms with E-state index in [9.17, 15) is 28.1 Å². The molecule has 0 radical (unpaired) electrons. The summed E-state index contributed by atoms with van der Waals surface area (Å²) < 4.78 is 25.2. The second-order valence-corrected chi connectivity index (χ2v) is 8.66. The number of anilines is 2. The molecule has 11 heteroatoms. The second kappa shape index (κ2) is 10.5. The maximum Gasteiger partial charge on any atom is 0.271 e. The van der Waals surface area contributed by atoms with Crippen LogP contribution in [0.2, 0.25) is 0 Å². The molecular formula is C20H24N4O6S. The van der Waals surface area contributed by atoms with Gasteiger partial charge in [0.15, 0.2) is 0 Å². The van der Waals surface area contributed by atoms with Crippen molar-refractivity contribution in [1.82, 2.24) is 5.32 Å². The van der Waals surface area contributed by atoms with Crippen molar-refractivity contribution in [1.29, 1.82) is 0 Å². The van der Waals surface area contributed by atoms with Gasteiger partial charge < -0.3 is 10.6 Å². The van der Waals surface area contributed by atoms with Crippen molar-refractivity contribution in [3.8, 4) is 0 Å². The van der Waals surface area contributed by atoms with Gasteiger partial charge in [0.25, 0.3) is 11.6 Å². The molecule has 0 saturated heterocycles. The Hall–Kier alpha value is -3.47. The fourth-order valence-corrected chi connectivity index (χ4v) is 3.59. The first-order valence-electron chi connectivity index (χ1n) is 9.52. The molecule has 0 aliphatic carbocycles. The van der Waals surface area contributed by atoms with Gasteiger partial charge >= 0.3 is 0 Å². The van der Waals surface area contributed by atoms with Crippen molar-refractivity contribution in [2.75, 3.05) is 29.0 Å². The summed E-state index contributed by atoms with van der Waals surface area (Å²) in [5.41, 5.74) is 0.153. The molecule has 0 spiro atoms. The smallest absolute Gasteiger partial charge is 0.271 e. The molecule has 2 amide bonds. The van der Waals surface area contributed by atoms with E-state index in [2.05, 4.69) is 10.6 Å². The van der Waals surface area contributed by atoms with Gasteiger partial charge in [-0.3, -0.25) is 24.0 Å². The van der Waals surface area contributed by atoms with Gasteiger partial charge in [0, 0.05) is 18.7 Å². The van der Waals surface area contributed by atoms with Crippen molar-refractivity contribution >= 4 is 38.9 Å². The highest BCUT2D eigenvalue weighted by Gasteiger charge is 2.23. The highest BCUT2D eigenvalue weighted by molar-refractivity contribution is 7.92. The number of sulfonamides is 1. The second-order valence-electron chi connectivity index (χ2n) is 6.75. The summed E-state index contributed by atoms with van der Waals surface area (Å²) in [6, 6.07) is 11.3. The number of carbonyl (C=O) groups is 2. The first-order chi connectivity index (χ1) is 14.6. The molecule has 0 aliphatic rings. The average molecular weight is 449 g/mol. The minimum atomic E-state index is -3.92. The molecule has 2 aromatic rings. The SMILES string of the molecule is CCCCNC(=O)c1ccccc1NC(=O)CN(c1cccc([N+](=O)[O-])c1)S(C)(=O)=O. The summed E-state index contributed by atoms with van der Waals surface area (Å²) in [4.78, 5) is 35.4. The predicted molar refractivity (Wildman–Crippen MR) is 118 cm³/mol. The number of para-hydroxylation sites is 1. The van der Waals surface area contributed by atoms with Crippen LogP contribution < -0.4 is 14.9 Å². The molecule has 0 unspecified atom stereocenters. The molecule has 31 heavy (non-hydrogen) atoms. The topological polar surface area (TPSA) is 139 Å². The molecule has 10 nitrogen and oxygen atoms in total. The van der Waals surface area contributed by atoms with Crippen LogP contribution in [0.15, 0.2) is 48.5 Å². The van der Waals surface area contributed by atoms with Crippen LogP contribution in [0, 0.1) is 10.1 Å².